The fourth-order valence-electron chi connectivity index (χ4n) is 2.51. The Labute approximate surface area is 129 Å². The Morgan fingerprint density at radius 2 is 1.77 bits per heavy atom. The zero-order valence-corrected chi connectivity index (χ0v) is 13.0. The van der Waals surface area contributed by atoms with Gasteiger partial charge in [-0.05, 0) is 31.2 Å². The predicted octanol–water partition coefficient (Wildman–Crippen LogP) is 2.66. The first-order chi connectivity index (χ1) is 10.5. The molecule has 0 spiro atoms. The summed E-state index contributed by atoms with van der Waals surface area (Å²) in [6, 6.07) is 13.6. The van der Waals surface area contributed by atoms with Crippen LogP contribution in [-0.4, -0.2) is 26.6 Å². The van der Waals surface area contributed by atoms with E-state index in [4.69, 9.17) is 4.74 Å². The Bertz CT molecular complexity index is 807. The highest BCUT2D eigenvalue weighted by Crippen LogP contribution is 2.28. The Morgan fingerprint density at radius 3 is 2.50 bits per heavy atom. The van der Waals surface area contributed by atoms with E-state index in [1.54, 1.807) is 48.5 Å². The number of carbonyl (C=O) groups excluding carboxylic acids is 1. The van der Waals surface area contributed by atoms with E-state index in [1.165, 1.54) is 0 Å². The summed E-state index contributed by atoms with van der Waals surface area (Å²) < 4.78 is 30.4. The number of rotatable bonds is 3. The quantitative estimate of drug-likeness (QED) is 0.873. The van der Waals surface area contributed by atoms with Crippen molar-refractivity contribution in [2.75, 3.05) is 12.4 Å². The molecule has 1 aliphatic rings. The lowest BCUT2D eigenvalue weighted by Crippen LogP contribution is -2.33. The van der Waals surface area contributed by atoms with Gasteiger partial charge in [-0.1, -0.05) is 29.8 Å². The molecule has 3 rings (SSSR count). The number of ether oxygens (including phenoxy) is 1. The first-order valence-corrected chi connectivity index (χ1v) is 8.68. The number of sulfone groups is 1. The van der Waals surface area contributed by atoms with Crippen LogP contribution in [0.5, 0.6) is 5.75 Å². The third-order valence-electron chi connectivity index (χ3n) is 3.76. The molecule has 0 bridgehead atoms. The molecular weight excluding hydrogens is 300 g/mol. The van der Waals surface area contributed by atoms with Crippen molar-refractivity contribution in [3.63, 3.8) is 0 Å². The Morgan fingerprint density at radius 1 is 1.09 bits per heavy atom. The summed E-state index contributed by atoms with van der Waals surface area (Å²) >= 11 is 0. The van der Waals surface area contributed by atoms with Gasteiger partial charge in [0.15, 0.2) is 15.6 Å². The highest BCUT2D eigenvalue weighted by molar-refractivity contribution is 7.91. The minimum absolute atomic E-state index is 0.0982. The summed E-state index contributed by atoms with van der Waals surface area (Å²) in [5.74, 6) is -0.543. The van der Waals surface area contributed by atoms with E-state index in [1.807, 2.05) is 6.92 Å². The zero-order chi connectivity index (χ0) is 15.7. The van der Waals surface area contributed by atoms with Crippen LogP contribution in [0.1, 0.15) is 15.9 Å². The van der Waals surface area contributed by atoms with Gasteiger partial charge in [0.2, 0.25) is 0 Å². The Balaban J connectivity index is 1.85. The second kappa shape index (κ2) is 5.57. The smallest absolute Gasteiger partial charge is 0.179 e. The van der Waals surface area contributed by atoms with Crippen molar-refractivity contribution < 1.29 is 17.9 Å². The van der Waals surface area contributed by atoms with E-state index in [2.05, 4.69) is 0 Å². The van der Waals surface area contributed by atoms with Gasteiger partial charge in [0, 0.05) is 0 Å². The largest absolute Gasteiger partial charge is 0.492 e. The summed E-state index contributed by atoms with van der Waals surface area (Å²) in [6.45, 7) is 1.99. The fraction of sp³-hybridized carbons (Fsp3) is 0.235. The molecule has 0 aromatic heterocycles. The van der Waals surface area contributed by atoms with Crippen LogP contribution in [0.15, 0.2) is 53.4 Å². The molecule has 22 heavy (non-hydrogen) atoms. The molecule has 0 aliphatic carbocycles. The molecule has 114 valence electrons. The van der Waals surface area contributed by atoms with Crippen LogP contribution in [0.25, 0.3) is 0 Å². The molecule has 2 aromatic carbocycles. The minimum atomic E-state index is -3.51. The van der Waals surface area contributed by atoms with E-state index < -0.39 is 15.8 Å². The summed E-state index contributed by atoms with van der Waals surface area (Å²) in [4.78, 5) is 12.7. The fourth-order valence-corrected chi connectivity index (χ4v) is 4.03. The summed E-state index contributed by atoms with van der Waals surface area (Å²) in [6.07, 6.45) is 0. The number of fused-ring (bicyclic) bond motifs is 1. The van der Waals surface area contributed by atoms with E-state index in [0.717, 1.165) is 5.56 Å². The highest BCUT2D eigenvalue weighted by Gasteiger charge is 2.33. The van der Waals surface area contributed by atoms with E-state index in [0.29, 0.717) is 11.3 Å². The number of benzene rings is 2. The minimum Gasteiger partial charge on any atom is -0.492 e. The molecule has 1 aliphatic heterocycles. The molecule has 0 saturated carbocycles. The summed E-state index contributed by atoms with van der Waals surface area (Å²) in [7, 11) is -3.51. The standard InChI is InChI=1S/C17H16O4S/c1-12-6-8-14(9-7-12)22(19,20)11-13-10-21-16-5-3-2-4-15(16)17(13)18/h2-9,13H,10-11H2,1H3/t13-/m1/s1. The Hall–Kier alpha value is -2.14. The van der Waals surface area contributed by atoms with E-state index in [-0.39, 0.29) is 23.0 Å². The molecule has 4 nitrogen and oxygen atoms in total. The van der Waals surface area contributed by atoms with Crippen molar-refractivity contribution >= 4 is 15.6 Å². The number of carbonyl (C=O) groups is 1. The molecule has 0 radical (unpaired) electrons. The number of para-hydroxylation sites is 1. The number of ketones is 1. The lowest BCUT2D eigenvalue weighted by atomic mass is 9.97. The van der Waals surface area contributed by atoms with Crippen LogP contribution in [0.2, 0.25) is 0 Å². The molecule has 0 amide bonds. The van der Waals surface area contributed by atoms with Crippen molar-refractivity contribution in [3.8, 4) is 5.75 Å². The SMILES string of the molecule is Cc1ccc(S(=O)(=O)C[C@H]2COc3ccccc3C2=O)cc1. The molecule has 2 aromatic rings. The van der Waals surface area contributed by atoms with Gasteiger partial charge in [-0.25, -0.2) is 8.42 Å². The molecule has 5 heteroatoms. The molecule has 0 fully saturated rings. The topological polar surface area (TPSA) is 60.4 Å². The maximum atomic E-state index is 12.5. The van der Waals surface area contributed by atoms with Gasteiger partial charge in [0.05, 0.1) is 28.7 Å². The molecular formula is C17H16O4S. The van der Waals surface area contributed by atoms with E-state index >= 15 is 0 Å². The normalized spacial score (nSPS) is 17.7. The van der Waals surface area contributed by atoms with Crippen LogP contribution >= 0.6 is 0 Å². The van der Waals surface area contributed by atoms with Gasteiger partial charge in [-0.2, -0.15) is 0 Å². The number of hydrogen-bond acceptors (Lipinski definition) is 4. The average Bonchev–Trinajstić information content (AvgIpc) is 2.51. The maximum absolute atomic E-state index is 12.5. The number of Topliss-reactive ketones (excluding diaryl/α,β-unsaturated/α-hetero) is 1. The Kier molecular flexibility index (Phi) is 3.74. The predicted molar refractivity (Wildman–Crippen MR) is 83.0 cm³/mol. The molecule has 1 atom stereocenters. The van der Waals surface area contributed by atoms with Crippen molar-refractivity contribution in [1.82, 2.24) is 0 Å². The maximum Gasteiger partial charge on any atom is 0.179 e. The lowest BCUT2D eigenvalue weighted by Gasteiger charge is -2.23. The van der Waals surface area contributed by atoms with Crippen molar-refractivity contribution in [2.24, 2.45) is 5.92 Å². The number of aryl methyl sites for hydroxylation is 1. The molecule has 1 heterocycles. The van der Waals surface area contributed by atoms with Gasteiger partial charge in [-0.15, -0.1) is 0 Å². The summed E-state index contributed by atoms with van der Waals surface area (Å²) in [5, 5.41) is 0. The second-order valence-corrected chi connectivity index (χ2v) is 7.50. The zero-order valence-electron chi connectivity index (χ0n) is 12.2. The van der Waals surface area contributed by atoms with E-state index in [9.17, 15) is 13.2 Å². The van der Waals surface area contributed by atoms with Gasteiger partial charge < -0.3 is 4.74 Å². The van der Waals surface area contributed by atoms with Crippen LogP contribution in [0.4, 0.5) is 0 Å². The van der Waals surface area contributed by atoms with Crippen molar-refractivity contribution in [3.05, 3.63) is 59.7 Å². The van der Waals surface area contributed by atoms with Crippen LogP contribution < -0.4 is 4.74 Å². The van der Waals surface area contributed by atoms with Gasteiger partial charge >= 0.3 is 0 Å². The van der Waals surface area contributed by atoms with Crippen LogP contribution in [0.3, 0.4) is 0 Å². The third-order valence-corrected chi connectivity index (χ3v) is 5.60. The van der Waals surface area contributed by atoms with Crippen molar-refractivity contribution in [2.45, 2.75) is 11.8 Å². The first kappa shape index (κ1) is 14.8. The second-order valence-electron chi connectivity index (χ2n) is 5.46. The van der Waals surface area contributed by atoms with Crippen LogP contribution in [-0.2, 0) is 9.84 Å². The molecule has 0 saturated heterocycles. The molecule has 0 unspecified atom stereocenters. The van der Waals surface area contributed by atoms with Crippen molar-refractivity contribution in [1.29, 1.82) is 0 Å². The van der Waals surface area contributed by atoms with Crippen LogP contribution in [0, 0.1) is 12.8 Å². The highest BCUT2D eigenvalue weighted by atomic mass is 32.2. The summed E-state index contributed by atoms with van der Waals surface area (Å²) in [5.41, 5.74) is 1.45. The third kappa shape index (κ3) is 2.76. The first-order valence-electron chi connectivity index (χ1n) is 7.03. The van der Waals surface area contributed by atoms with Gasteiger partial charge in [0.25, 0.3) is 0 Å². The van der Waals surface area contributed by atoms with Gasteiger partial charge in [-0.3, -0.25) is 4.79 Å². The molecule has 0 N–H and O–H groups in total. The number of hydrogen-bond donors (Lipinski definition) is 0. The average molecular weight is 316 g/mol. The van der Waals surface area contributed by atoms with Gasteiger partial charge in [0.1, 0.15) is 5.75 Å². The lowest BCUT2D eigenvalue weighted by molar-refractivity contribution is 0.0851. The monoisotopic (exact) mass is 316 g/mol.